The number of benzene rings is 2. The fraction of sp³-hybridized carbons (Fsp3) is 0.286. The third kappa shape index (κ3) is 4.48. The Hall–Kier alpha value is -3.13. The molecule has 2 rings (SSSR count). The van der Waals surface area contributed by atoms with Gasteiger partial charge in [-0.2, -0.15) is 5.26 Å². The Kier molecular flexibility index (Phi) is 6.13. The Morgan fingerprint density at radius 2 is 1.73 bits per heavy atom. The van der Waals surface area contributed by atoms with Crippen molar-refractivity contribution in [3.05, 3.63) is 60.2 Å². The van der Waals surface area contributed by atoms with Crippen molar-refractivity contribution in [1.29, 1.82) is 5.26 Å². The van der Waals surface area contributed by atoms with E-state index < -0.39 is 24.0 Å². The van der Waals surface area contributed by atoms with E-state index in [1.54, 1.807) is 19.1 Å². The molecule has 0 fully saturated rings. The molecule has 0 spiro atoms. The first kappa shape index (κ1) is 19.2. The molecule has 1 amide bonds. The van der Waals surface area contributed by atoms with Gasteiger partial charge in [0, 0.05) is 0 Å². The number of nitrogens with one attached hydrogen (secondary N) is 1. The van der Waals surface area contributed by atoms with Crippen molar-refractivity contribution >= 4 is 11.9 Å². The predicted molar refractivity (Wildman–Crippen MR) is 99.2 cm³/mol. The lowest BCUT2D eigenvalue weighted by atomic mass is 9.90. The molecule has 2 aromatic carbocycles. The number of hydrogen-bond donors (Lipinski definition) is 1. The summed E-state index contributed by atoms with van der Waals surface area (Å²) in [5.41, 5.74) is 1.01. The second kappa shape index (κ2) is 8.30. The second-order valence-electron chi connectivity index (χ2n) is 6.50. The largest absolute Gasteiger partial charge is 0.452 e. The van der Waals surface area contributed by atoms with E-state index in [0.29, 0.717) is 5.56 Å². The normalized spacial score (nSPS) is 12.7. The molecule has 0 bridgehead atoms. The maximum atomic E-state index is 12.4. The van der Waals surface area contributed by atoms with E-state index in [-0.39, 0.29) is 5.92 Å². The summed E-state index contributed by atoms with van der Waals surface area (Å²) >= 11 is 0. The van der Waals surface area contributed by atoms with E-state index in [4.69, 9.17) is 4.74 Å². The molecule has 0 saturated heterocycles. The number of rotatable bonds is 6. The molecule has 0 heterocycles. The summed E-state index contributed by atoms with van der Waals surface area (Å²) in [6, 6.07) is 18.6. The van der Waals surface area contributed by atoms with Gasteiger partial charge >= 0.3 is 5.97 Å². The quantitative estimate of drug-likeness (QED) is 0.808. The molecule has 5 nitrogen and oxygen atoms in total. The van der Waals surface area contributed by atoms with Crippen LogP contribution < -0.4 is 5.32 Å². The Labute approximate surface area is 153 Å². The lowest BCUT2D eigenvalue weighted by molar-refractivity contribution is -0.125. The molecule has 26 heavy (non-hydrogen) atoms. The zero-order valence-corrected chi connectivity index (χ0v) is 15.2. The first-order chi connectivity index (χ1) is 12.4. The lowest BCUT2D eigenvalue weighted by Gasteiger charge is -2.27. The lowest BCUT2D eigenvalue weighted by Crippen LogP contribution is -2.50. The van der Waals surface area contributed by atoms with Crippen LogP contribution in [-0.2, 0) is 9.53 Å². The summed E-state index contributed by atoms with van der Waals surface area (Å²) in [6.45, 7) is 4.88. The first-order valence-corrected chi connectivity index (χ1v) is 8.41. The van der Waals surface area contributed by atoms with Crippen LogP contribution in [0.2, 0.25) is 0 Å². The van der Waals surface area contributed by atoms with Crippen LogP contribution in [-0.4, -0.2) is 24.0 Å². The minimum atomic E-state index is -1.01. The van der Waals surface area contributed by atoms with Gasteiger partial charge in [0.25, 0.3) is 5.91 Å². The molecule has 0 saturated carbocycles. The van der Waals surface area contributed by atoms with Gasteiger partial charge in [-0.1, -0.05) is 62.4 Å². The van der Waals surface area contributed by atoms with Crippen LogP contribution in [0, 0.1) is 17.2 Å². The van der Waals surface area contributed by atoms with Gasteiger partial charge in [-0.05, 0) is 30.0 Å². The number of amides is 1. The van der Waals surface area contributed by atoms with Crippen LogP contribution in [0.15, 0.2) is 54.6 Å². The smallest absolute Gasteiger partial charge is 0.339 e. The first-order valence-electron chi connectivity index (χ1n) is 8.41. The van der Waals surface area contributed by atoms with Crippen molar-refractivity contribution in [3.63, 3.8) is 0 Å². The zero-order chi connectivity index (χ0) is 19.2. The molecule has 0 aliphatic rings. The predicted octanol–water partition coefficient (Wildman–Crippen LogP) is 3.56. The molecule has 0 unspecified atom stereocenters. The topological polar surface area (TPSA) is 79.2 Å². The van der Waals surface area contributed by atoms with Crippen molar-refractivity contribution in [3.8, 4) is 17.2 Å². The van der Waals surface area contributed by atoms with Gasteiger partial charge in [-0.3, -0.25) is 4.79 Å². The van der Waals surface area contributed by atoms with Crippen molar-refractivity contribution in [2.24, 2.45) is 5.92 Å². The highest BCUT2D eigenvalue weighted by Gasteiger charge is 2.30. The molecule has 2 aromatic rings. The van der Waals surface area contributed by atoms with Gasteiger partial charge in [-0.15, -0.1) is 0 Å². The highest BCUT2D eigenvalue weighted by molar-refractivity contribution is 5.98. The van der Waals surface area contributed by atoms with Crippen LogP contribution in [0.25, 0.3) is 11.1 Å². The van der Waals surface area contributed by atoms with E-state index in [2.05, 4.69) is 11.4 Å². The molecule has 0 aromatic heterocycles. The summed E-state index contributed by atoms with van der Waals surface area (Å²) in [5.74, 6) is -1.16. The number of hydrogen-bond acceptors (Lipinski definition) is 4. The fourth-order valence-electron chi connectivity index (χ4n) is 2.37. The SMILES string of the molecule is CC(C)[C@](C)(C#N)NC(=O)COC(=O)c1ccccc1-c1ccccc1. The van der Waals surface area contributed by atoms with Crippen molar-refractivity contribution in [1.82, 2.24) is 5.32 Å². The van der Waals surface area contributed by atoms with Gasteiger partial charge in [0.1, 0.15) is 5.54 Å². The number of esters is 1. The Balaban J connectivity index is 2.08. The van der Waals surface area contributed by atoms with E-state index >= 15 is 0 Å². The molecule has 1 atom stereocenters. The van der Waals surface area contributed by atoms with Crippen LogP contribution in [0.5, 0.6) is 0 Å². The summed E-state index contributed by atoms with van der Waals surface area (Å²) in [6.07, 6.45) is 0. The summed E-state index contributed by atoms with van der Waals surface area (Å²) < 4.78 is 5.16. The van der Waals surface area contributed by atoms with E-state index in [9.17, 15) is 14.9 Å². The molecule has 0 aliphatic heterocycles. The Morgan fingerprint density at radius 3 is 2.35 bits per heavy atom. The monoisotopic (exact) mass is 350 g/mol. The highest BCUT2D eigenvalue weighted by Crippen LogP contribution is 2.24. The summed E-state index contributed by atoms with van der Waals surface area (Å²) in [7, 11) is 0. The molecule has 134 valence electrons. The minimum absolute atomic E-state index is 0.0778. The van der Waals surface area contributed by atoms with Crippen LogP contribution in [0.4, 0.5) is 0 Å². The standard InChI is InChI=1S/C21H22N2O3/c1-15(2)21(3,14-22)23-19(24)13-26-20(25)18-12-8-7-11-17(18)16-9-5-4-6-10-16/h4-12,15H,13H2,1-3H3,(H,23,24)/t21-/m0/s1. The Bertz CT molecular complexity index is 825. The van der Waals surface area contributed by atoms with E-state index in [1.807, 2.05) is 56.3 Å². The van der Waals surface area contributed by atoms with Crippen LogP contribution in [0.1, 0.15) is 31.1 Å². The number of nitrogens with zero attached hydrogens (tertiary/aromatic N) is 1. The van der Waals surface area contributed by atoms with Gasteiger partial charge in [0.15, 0.2) is 6.61 Å². The number of carbonyl (C=O) groups excluding carboxylic acids is 2. The highest BCUT2D eigenvalue weighted by atomic mass is 16.5. The third-order valence-electron chi connectivity index (χ3n) is 4.35. The van der Waals surface area contributed by atoms with Crippen molar-refractivity contribution in [2.45, 2.75) is 26.3 Å². The number of carbonyl (C=O) groups is 2. The van der Waals surface area contributed by atoms with Crippen LogP contribution in [0.3, 0.4) is 0 Å². The third-order valence-corrected chi connectivity index (χ3v) is 4.35. The van der Waals surface area contributed by atoms with Gasteiger partial charge < -0.3 is 10.1 Å². The molecule has 5 heteroatoms. The molecular weight excluding hydrogens is 328 g/mol. The minimum Gasteiger partial charge on any atom is -0.452 e. The van der Waals surface area contributed by atoms with Gasteiger partial charge in [0.2, 0.25) is 0 Å². The maximum Gasteiger partial charge on any atom is 0.339 e. The number of nitriles is 1. The van der Waals surface area contributed by atoms with Gasteiger partial charge in [-0.25, -0.2) is 4.79 Å². The molecular formula is C21H22N2O3. The molecule has 0 radical (unpaired) electrons. The second-order valence-corrected chi connectivity index (χ2v) is 6.50. The van der Waals surface area contributed by atoms with Crippen molar-refractivity contribution in [2.75, 3.05) is 6.61 Å². The van der Waals surface area contributed by atoms with Gasteiger partial charge in [0.05, 0.1) is 11.6 Å². The molecule has 0 aliphatic carbocycles. The zero-order valence-electron chi connectivity index (χ0n) is 15.2. The fourth-order valence-corrected chi connectivity index (χ4v) is 2.37. The average molecular weight is 350 g/mol. The van der Waals surface area contributed by atoms with Crippen molar-refractivity contribution < 1.29 is 14.3 Å². The average Bonchev–Trinajstić information content (AvgIpc) is 2.66. The maximum absolute atomic E-state index is 12.4. The van der Waals surface area contributed by atoms with Crippen LogP contribution >= 0.6 is 0 Å². The molecule has 1 N–H and O–H groups in total. The summed E-state index contributed by atoms with van der Waals surface area (Å²) in [5, 5.41) is 11.9. The van der Waals surface area contributed by atoms with E-state index in [1.165, 1.54) is 0 Å². The summed E-state index contributed by atoms with van der Waals surface area (Å²) in [4.78, 5) is 24.5. The number of ether oxygens (including phenoxy) is 1. The van der Waals surface area contributed by atoms with E-state index in [0.717, 1.165) is 11.1 Å². The Morgan fingerprint density at radius 1 is 1.12 bits per heavy atom.